The fourth-order valence-electron chi connectivity index (χ4n) is 3.31. The molecule has 1 N–H and O–H groups in total. The number of rotatable bonds is 4. The number of carbonyl (C=O) groups excluding carboxylic acids is 2. The van der Waals surface area contributed by atoms with Gasteiger partial charge < -0.3 is 10.2 Å². The van der Waals surface area contributed by atoms with Crippen LogP contribution in [0.4, 0.5) is 13.6 Å². The molecule has 0 bridgehead atoms. The molecule has 6 nitrogen and oxygen atoms in total. The van der Waals surface area contributed by atoms with Gasteiger partial charge in [-0.3, -0.25) is 4.79 Å². The highest BCUT2D eigenvalue weighted by Crippen LogP contribution is 2.34. The topological polar surface area (TPSA) is 65.0 Å². The molecule has 0 aliphatic carbocycles. The Morgan fingerprint density at radius 2 is 1.77 bits per heavy atom. The van der Waals surface area contributed by atoms with Gasteiger partial charge in [0.15, 0.2) is 0 Å². The minimum absolute atomic E-state index is 0.229. The molecular weight excluding hydrogens is 402 g/mol. The van der Waals surface area contributed by atoms with Crippen LogP contribution in [0.25, 0.3) is 0 Å². The molecule has 0 saturated carbocycles. The second-order valence-corrected chi connectivity index (χ2v) is 8.57. The van der Waals surface area contributed by atoms with E-state index in [0.717, 1.165) is 0 Å². The van der Waals surface area contributed by atoms with Crippen LogP contribution in [0, 0.1) is 11.6 Å². The van der Waals surface area contributed by atoms with Crippen molar-refractivity contribution in [3.8, 4) is 0 Å². The van der Waals surface area contributed by atoms with Crippen LogP contribution in [0.5, 0.6) is 0 Å². The van der Waals surface area contributed by atoms with Crippen molar-refractivity contribution in [3.05, 3.63) is 71.3 Å². The van der Waals surface area contributed by atoms with E-state index in [2.05, 4.69) is 10.4 Å². The van der Waals surface area contributed by atoms with Gasteiger partial charge in [0.2, 0.25) is 0 Å². The maximum absolute atomic E-state index is 14.5. The number of hydrogen-bond acceptors (Lipinski definition) is 3. The standard InChI is InChI=1S/C23H26F2N4O2/c1-23(2,3)26-22(31)28(4)14-21(30)29-20(17-7-5-6-8-18(17)25)13-19(27-29)15-9-11-16(24)12-10-15/h5-12,20H,13-14H2,1-4H3,(H,26,31). The first-order valence-corrected chi connectivity index (χ1v) is 9.98. The highest BCUT2D eigenvalue weighted by Gasteiger charge is 2.35. The summed E-state index contributed by atoms with van der Waals surface area (Å²) in [6.45, 7) is 5.30. The van der Waals surface area contributed by atoms with Crippen molar-refractivity contribution in [3.63, 3.8) is 0 Å². The third kappa shape index (κ3) is 5.45. The van der Waals surface area contributed by atoms with Crippen LogP contribution >= 0.6 is 0 Å². The molecule has 1 aliphatic heterocycles. The number of nitrogens with zero attached hydrogens (tertiary/aromatic N) is 3. The van der Waals surface area contributed by atoms with Crippen LogP contribution in [-0.2, 0) is 4.79 Å². The van der Waals surface area contributed by atoms with E-state index in [9.17, 15) is 18.4 Å². The third-order valence-electron chi connectivity index (χ3n) is 4.81. The number of hydrogen-bond donors (Lipinski definition) is 1. The predicted octanol–water partition coefficient (Wildman–Crippen LogP) is 4.08. The molecule has 1 aliphatic rings. The summed E-state index contributed by atoms with van der Waals surface area (Å²) >= 11 is 0. The first-order valence-electron chi connectivity index (χ1n) is 9.98. The van der Waals surface area contributed by atoms with Gasteiger partial charge in [0.25, 0.3) is 5.91 Å². The SMILES string of the molecule is CN(CC(=O)N1N=C(c2ccc(F)cc2)CC1c1ccccc1F)C(=O)NC(C)(C)C. The molecule has 0 fully saturated rings. The highest BCUT2D eigenvalue weighted by atomic mass is 19.1. The zero-order valence-corrected chi connectivity index (χ0v) is 18.0. The monoisotopic (exact) mass is 428 g/mol. The summed E-state index contributed by atoms with van der Waals surface area (Å²) in [7, 11) is 1.51. The van der Waals surface area contributed by atoms with E-state index in [1.54, 1.807) is 30.3 Å². The van der Waals surface area contributed by atoms with Crippen LogP contribution in [-0.4, -0.2) is 46.7 Å². The van der Waals surface area contributed by atoms with Crippen LogP contribution in [0.2, 0.25) is 0 Å². The number of urea groups is 1. The minimum Gasteiger partial charge on any atom is -0.333 e. The van der Waals surface area contributed by atoms with Gasteiger partial charge in [-0.2, -0.15) is 5.10 Å². The van der Waals surface area contributed by atoms with Crippen molar-refractivity contribution < 1.29 is 18.4 Å². The maximum atomic E-state index is 14.5. The summed E-state index contributed by atoms with van der Waals surface area (Å²) in [5.41, 5.74) is 1.07. The average Bonchev–Trinajstić information content (AvgIpc) is 3.13. The Hall–Kier alpha value is -3.29. The Balaban J connectivity index is 1.86. The second kappa shape index (κ2) is 8.83. The molecule has 2 aromatic rings. The molecule has 1 heterocycles. The molecule has 8 heteroatoms. The summed E-state index contributed by atoms with van der Waals surface area (Å²) in [4.78, 5) is 26.7. The molecule has 0 radical (unpaired) electrons. The van der Waals surface area contributed by atoms with Crippen molar-refractivity contribution in [2.24, 2.45) is 5.10 Å². The molecule has 1 atom stereocenters. The Morgan fingerprint density at radius 1 is 1.13 bits per heavy atom. The Labute approximate surface area is 180 Å². The van der Waals surface area contributed by atoms with E-state index in [0.29, 0.717) is 16.8 Å². The molecule has 2 aromatic carbocycles. The Kier molecular flexibility index (Phi) is 6.38. The van der Waals surface area contributed by atoms with Gasteiger partial charge in [-0.25, -0.2) is 18.6 Å². The summed E-state index contributed by atoms with van der Waals surface area (Å²) in [5.74, 6) is -1.27. The molecule has 0 spiro atoms. The highest BCUT2D eigenvalue weighted by molar-refractivity contribution is 6.03. The van der Waals surface area contributed by atoms with Gasteiger partial charge in [0.05, 0.1) is 11.8 Å². The van der Waals surface area contributed by atoms with Gasteiger partial charge in [0.1, 0.15) is 18.2 Å². The maximum Gasteiger partial charge on any atom is 0.318 e. The minimum atomic E-state index is -0.659. The van der Waals surface area contributed by atoms with Crippen LogP contribution in [0.15, 0.2) is 53.6 Å². The van der Waals surface area contributed by atoms with Gasteiger partial charge in [-0.05, 0) is 44.5 Å². The first-order chi connectivity index (χ1) is 14.5. The molecule has 0 saturated heterocycles. The predicted molar refractivity (Wildman–Crippen MR) is 114 cm³/mol. The Bertz CT molecular complexity index is 999. The molecule has 3 amide bonds. The van der Waals surface area contributed by atoms with E-state index >= 15 is 0 Å². The number of likely N-dealkylation sites (N-methyl/N-ethyl adjacent to an activating group) is 1. The van der Waals surface area contributed by atoms with Gasteiger partial charge in [0, 0.05) is 24.6 Å². The van der Waals surface area contributed by atoms with Crippen LogP contribution in [0.3, 0.4) is 0 Å². The number of hydrazone groups is 1. The normalized spacial score (nSPS) is 16.1. The summed E-state index contributed by atoms with van der Waals surface area (Å²) in [5, 5.41) is 8.44. The van der Waals surface area contributed by atoms with Crippen molar-refractivity contribution in [1.82, 2.24) is 15.2 Å². The number of nitrogens with one attached hydrogen (secondary N) is 1. The van der Waals surface area contributed by atoms with Crippen molar-refractivity contribution in [2.45, 2.75) is 38.8 Å². The zero-order valence-electron chi connectivity index (χ0n) is 18.0. The summed E-state index contributed by atoms with van der Waals surface area (Å²) in [6.07, 6.45) is 0.274. The number of halogens is 2. The van der Waals surface area contributed by atoms with E-state index in [-0.39, 0.29) is 18.8 Å². The molecule has 1 unspecified atom stereocenters. The summed E-state index contributed by atoms with van der Waals surface area (Å²) in [6, 6.07) is 10.9. The zero-order chi connectivity index (χ0) is 22.8. The van der Waals surface area contributed by atoms with E-state index in [1.165, 1.54) is 35.2 Å². The van der Waals surface area contributed by atoms with Crippen molar-refractivity contribution in [2.75, 3.05) is 13.6 Å². The molecule has 31 heavy (non-hydrogen) atoms. The smallest absolute Gasteiger partial charge is 0.318 e. The lowest BCUT2D eigenvalue weighted by Gasteiger charge is -2.28. The van der Waals surface area contributed by atoms with Crippen LogP contribution < -0.4 is 5.32 Å². The van der Waals surface area contributed by atoms with E-state index in [4.69, 9.17) is 0 Å². The second-order valence-electron chi connectivity index (χ2n) is 8.57. The molecule has 0 aromatic heterocycles. The fraction of sp³-hybridized carbons (Fsp3) is 0.348. The molecule has 164 valence electrons. The van der Waals surface area contributed by atoms with E-state index in [1.807, 2.05) is 20.8 Å². The van der Waals surface area contributed by atoms with Gasteiger partial charge in [-0.1, -0.05) is 30.3 Å². The van der Waals surface area contributed by atoms with Crippen molar-refractivity contribution in [1.29, 1.82) is 0 Å². The fourth-order valence-corrected chi connectivity index (χ4v) is 3.31. The van der Waals surface area contributed by atoms with Crippen molar-refractivity contribution >= 4 is 17.6 Å². The lowest BCUT2D eigenvalue weighted by atomic mass is 9.98. The molecule has 3 rings (SSSR count). The van der Waals surface area contributed by atoms with Crippen LogP contribution in [0.1, 0.15) is 44.4 Å². The number of carbonyl (C=O) groups is 2. The quantitative estimate of drug-likeness (QED) is 0.798. The van der Waals surface area contributed by atoms with Gasteiger partial charge >= 0.3 is 6.03 Å². The third-order valence-corrected chi connectivity index (χ3v) is 4.81. The number of benzene rings is 2. The average molecular weight is 428 g/mol. The van der Waals surface area contributed by atoms with E-state index < -0.39 is 29.3 Å². The van der Waals surface area contributed by atoms with Gasteiger partial charge in [-0.15, -0.1) is 0 Å². The largest absolute Gasteiger partial charge is 0.333 e. The lowest BCUT2D eigenvalue weighted by molar-refractivity contribution is -0.133. The lowest BCUT2D eigenvalue weighted by Crippen LogP contribution is -2.49. The first kappa shape index (κ1) is 22.4. The summed E-state index contributed by atoms with van der Waals surface area (Å²) < 4.78 is 27.8. The number of amides is 3. The Morgan fingerprint density at radius 3 is 2.39 bits per heavy atom. The molecular formula is C23H26F2N4O2.